The Morgan fingerprint density at radius 3 is 2.95 bits per heavy atom. The van der Waals surface area contributed by atoms with Crippen LogP contribution in [0.25, 0.3) is 11.1 Å². The van der Waals surface area contributed by atoms with Crippen LogP contribution in [0.3, 0.4) is 0 Å². The molecule has 0 aliphatic carbocycles. The van der Waals surface area contributed by atoms with Crippen LogP contribution in [0.1, 0.15) is 17.9 Å². The number of nitrogens with one attached hydrogen (secondary N) is 1. The zero-order valence-corrected chi connectivity index (χ0v) is 12.1. The van der Waals surface area contributed by atoms with Crippen LogP contribution in [0, 0.1) is 12.7 Å². The molecule has 0 saturated heterocycles. The van der Waals surface area contributed by atoms with E-state index in [0.717, 1.165) is 16.7 Å². The lowest BCUT2D eigenvalue weighted by Crippen LogP contribution is -2.12. The smallest absolute Gasteiger partial charge is 0.224 e. The summed E-state index contributed by atoms with van der Waals surface area (Å²) >= 11 is 0. The number of rotatable bonds is 4. The number of carbonyl (C=O) groups excluding carboxylic acids is 1. The van der Waals surface area contributed by atoms with E-state index in [4.69, 9.17) is 4.42 Å². The minimum atomic E-state index is -0.371. The van der Waals surface area contributed by atoms with Crippen LogP contribution in [-0.2, 0) is 11.2 Å². The molecule has 3 aromatic rings. The second-order valence-corrected chi connectivity index (χ2v) is 5.09. The van der Waals surface area contributed by atoms with E-state index < -0.39 is 0 Å². The highest BCUT2D eigenvalue weighted by Gasteiger charge is 2.07. The van der Waals surface area contributed by atoms with Crippen molar-refractivity contribution >= 4 is 22.7 Å². The third kappa shape index (κ3) is 3.31. The number of halogens is 1. The first kappa shape index (κ1) is 14.3. The summed E-state index contributed by atoms with van der Waals surface area (Å²) in [5.74, 6) is 0.0997. The van der Waals surface area contributed by atoms with Crippen LogP contribution in [-0.4, -0.2) is 10.9 Å². The molecule has 0 saturated carbocycles. The Bertz CT molecular complexity index is 826. The number of aromatic nitrogens is 1. The lowest BCUT2D eigenvalue weighted by atomic mass is 10.1. The molecule has 0 unspecified atom stereocenters. The number of oxazole rings is 1. The standard InChI is InChI=1S/C17H15FN2O2/c1-11-19-15-9-12(5-7-16(15)22-11)6-8-17(21)20-14-4-2-3-13(18)10-14/h2-5,7,9-10H,6,8H2,1H3,(H,20,21). The van der Waals surface area contributed by atoms with Gasteiger partial charge in [0, 0.05) is 19.0 Å². The Hall–Kier alpha value is -2.69. The average molecular weight is 298 g/mol. The summed E-state index contributed by atoms with van der Waals surface area (Å²) < 4.78 is 18.5. The fourth-order valence-electron chi connectivity index (χ4n) is 2.29. The Labute approximate surface area is 127 Å². The highest BCUT2D eigenvalue weighted by atomic mass is 19.1. The molecule has 1 heterocycles. The van der Waals surface area contributed by atoms with Crippen LogP contribution in [0.2, 0.25) is 0 Å². The van der Waals surface area contributed by atoms with E-state index in [-0.39, 0.29) is 11.7 Å². The van der Waals surface area contributed by atoms with Crippen LogP contribution >= 0.6 is 0 Å². The van der Waals surface area contributed by atoms with Crippen LogP contribution < -0.4 is 5.32 Å². The predicted octanol–water partition coefficient (Wildman–Crippen LogP) is 3.85. The topological polar surface area (TPSA) is 55.1 Å². The fraction of sp³-hybridized carbons (Fsp3) is 0.176. The van der Waals surface area contributed by atoms with Crippen molar-refractivity contribution in [2.75, 3.05) is 5.32 Å². The van der Waals surface area contributed by atoms with E-state index in [1.165, 1.54) is 12.1 Å². The van der Waals surface area contributed by atoms with E-state index in [1.54, 1.807) is 19.1 Å². The lowest BCUT2D eigenvalue weighted by Gasteiger charge is -2.05. The number of anilines is 1. The Morgan fingerprint density at radius 2 is 2.14 bits per heavy atom. The number of carbonyl (C=O) groups is 1. The summed E-state index contributed by atoms with van der Waals surface area (Å²) in [5.41, 5.74) is 3.01. The molecule has 1 N–H and O–H groups in total. The molecule has 1 amide bonds. The molecule has 4 nitrogen and oxygen atoms in total. The average Bonchev–Trinajstić information content (AvgIpc) is 2.84. The maximum Gasteiger partial charge on any atom is 0.224 e. The predicted molar refractivity (Wildman–Crippen MR) is 82.1 cm³/mol. The summed E-state index contributed by atoms with van der Waals surface area (Å²) in [6.45, 7) is 1.80. The van der Waals surface area contributed by atoms with Gasteiger partial charge in [0.05, 0.1) is 0 Å². The molecule has 0 fully saturated rings. The first-order valence-electron chi connectivity index (χ1n) is 7.02. The quantitative estimate of drug-likeness (QED) is 0.796. The van der Waals surface area contributed by atoms with Crippen LogP contribution in [0.5, 0.6) is 0 Å². The van der Waals surface area contributed by atoms with Gasteiger partial charge in [-0.15, -0.1) is 0 Å². The van der Waals surface area contributed by atoms with E-state index in [9.17, 15) is 9.18 Å². The molecule has 5 heteroatoms. The monoisotopic (exact) mass is 298 g/mol. The van der Waals surface area contributed by atoms with Gasteiger partial charge in [0.15, 0.2) is 11.5 Å². The van der Waals surface area contributed by atoms with Crippen molar-refractivity contribution in [2.45, 2.75) is 19.8 Å². The van der Waals surface area contributed by atoms with E-state index >= 15 is 0 Å². The number of nitrogens with zero attached hydrogens (tertiary/aromatic N) is 1. The van der Waals surface area contributed by atoms with E-state index in [0.29, 0.717) is 24.4 Å². The fourth-order valence-corrected chi connectivity index (χ4v) is 2.29. The molecule has 3 rings (SSSR count). The summed E-state index contributed by atoms with van der Waals surface area (Å²) in [4.78, 5) is 16.2. The summed E-state index contributed by atoms with van der Waals surface area (Å²) in [6, 6.07) is 11.5. The third-order valence-corrected chi connectivity index (χ3v) is 3.31. The van der Waals surface area contributed by atoms with Gasteiger partial charge < -0.3 is 9.73 Å². The van der Waals surface area contributed by atoms with Crippen molar-refractivity contribution in [1.82, 2.24) is 4.98 Å². The highest BCUT2D eigenvalue weighted by molar-refractivity contribution is 5.90. The molecular formula is C17H15FN2O2. The van der Waals surface area contributed by atoms with Gasteiger partial charge >= 0.3 is 0 Å². The molecular weight excluding hydrogens is 283 g/mol. The van der Waals surface area contributed by atoms with Crippen molar-refractivity contribution in [2.24, 2.45) is 0 Å². The highest BCUT2D eigenvalue weighted by Crippen LogP contribution is 2.18. The molecule has 0 bridgehead atoms. The van der Waals surface area contributed by atoms with Crippen molar-refractivity contribution in [3.63, 3.8) is 0 Å². The molecule has 0 aliphatic heterocycles. The number of fused-ring (bicyclic) bond motifs is 1. The molecule has 112 valence electrons. The lowest BCUT2D eigenvalue weighted by molar-refractivity contribution is -0.116. The van der Waals surface area contributed by atoms with Gasteiger partial charge in [-0.1, -0.05) is 12.1 Å². The first-order chi connectivity index (χ1) is 10.6. The van der Waals surface area contributed by atoms with Gasteiger partial charge in [-0.25, -0.2) is 9.37 Å². The molecule has 1 aromatic heterocycles. The second-order valence-electron chi connectivity index (χ2n) is 5.09. The molecule has 0 atom stereocenters. The van der Waals surface area contributed by atoms with Gasteiger partial charge in [-0.05, 0) is 42.3 Å². The zero-order chi connectivity index (χ0) is 15.5. The third-order valence-electron chi connectivity index (χ3n) is 3.31. The van der Waals surface area contributed by atoms with Crippen molar-refractivity contribution in [1.29, 1.82) is 0 Å². The SMILES string of the molecule is Cc1nc2cc(CCC(=O)Nc3cccc(F)c3)ccc2o1. The number of hydrogen-bond donors (Lipinski definition) is 1. The normalized spacial score (nSPS) is 10.8. The second kappa shape index (κ2) is 5.97. The molecule has 0 aliphatic rings. The number of benzene rings is 2. The Kier molecular flexibility index (Phi) is 3.87. The van der Waals surface area contributed by atoms with E-state index in [2.05, 4.69) is 10.3 Å². The van der Waals surface area contributed by atoms with Gasteiger partial charge in [0.2, 0.25) is 5.91 Å². The molecule has 0 radical (unpaired) electrons. The van der Waals surface area contributed by atoms with Crippen molar-refractivity contribution in [3.8, 4) is 0 Å². The maximum atomic E-state index is 13.1. The van der Waals surface area contributed by atoms with Crippen molar-refractivity contribution in [3.05, 3.63) is 59.7 Å². The summed E-state index contributed by atoms with van der Waals surface area (Å²) in [6.07, 6.45) is 0.905. The maximum absolute atomic E-state index is 13.1. The zero-order valence-electron chi connectivity index (χ0n) is 12.1. The minimum Gasteiger partial charge on any atom is -0.441 e. The summed E-state index contributed by atoms with van der Waals surface area (Å²) in [5, 5.41) is 2.68. The van der Waals surface area contributed by atoms with Gasteiger partial charge in [0.25, 0.3) is 0 Å². The van der Waals surface area contributed by atoms with Crippen molar-refractivity contribution < 1.29 is 13.6 Å². The Morgan fingerprint density at radius 1 is 1.27 bits per heavy atom. The number of aryl methyl sites for hydroxylation is 2. The Balaban J connectivity index is 1.62. The number of hydrogen-bond acceptors (Lipinski definition) is 3. The minimum absolute atomic E-state index is 0.151. The van der Waals surface area contributed by atoms with Crippen LogP contribution in [0.15, 0.2) is 46.9 Å². The molecule has 22 heavy (non-hydrogen) atoms. The number of amides is 1. The van der Waals surface area contributed by atoms with Gasteiger partial charge in [-0.2, -0.15) is 0 Å². The van der Waals surface area contributed by atoms with Gasteiger partial charge in [0.1, 0.15) is 11.3 Å². The largest absolute Gasteiger partial charge is 0.441 e. The summed E-state index contributed by atoms with van der Waals surface area (Å²) in [7, 11) is 0. The van der Waals surface area contributed by atoms with Gasteiger partial charge in [-0.3, -0.25) is 4.79 Å². The first-order valence-corrected chi connectivity index (χ1v) is 7.02. The van der Waals surface area contributed by atoms with E-state index in [1.807, 2.05) is 18.2 Å². The molecule has 0 spiro atoms. The van der Waals surface area contributed by atoms with Crippen LogP contribution in [0.4, 0.5) is 10.1 Å². The molecule has 2 aromatic carbocycles.